The van der Waals surface area contributed by atoms with Gasteiger partial charge < -0.3 is 4.90 Å². The molecular weight excluding hydrogens is 611 g/mol. The summed E-state index contributed by atoms with van der Waals surface area (Å²) in [5.74, 6) is 0.670. The van der Waals surface area contributed by atoms with Crippen LogP contribution < -0.4 is 4.90 Å². The van der Waals surface area contributed by atoms with Crippen molar-refractivity contribution in [2.75, 3.05) is 4.90 Å². The standard InChI is InChI=1S/C43H29NOS2/c45-42-43(18-6-1-7-19-43)35-24-28(27-14-17-40-33(22-27)30-9-3-5-11-38(30)47-40)23-34-31-20-25(12-15-36(31)44(42)41(34)35)26-13-16-39-32(21-26)29-8-2-4-10-37(29)46-39/h1-18,20,22-24,26,31,36H,19,21H2. The van der Waals surface area contributed by atoms with Gasteiger partial charge in [0.1, 0.15) is 0 Å². The van der Waals surface area contributed by atoms with E-state index in [9.17, 15) is 4.79 Å². The number of hydrogen-bond acceptors (Lipinski definition) is 3. The highest BCUT2D eigenvalue weighted by molar-refractivity contribution is 7.25. The van der Waals surface area contributed by atoms with Crippen molar-refractivity contribution in [2.24, 2.45) is 5.92 Å². The van der Waals surface area contributed by atoms with E-state index in [4.69, 9.17) is 0 Å². The van der Waals surface area contributed by atoms with Crippen LogP contribution in [0.15, 0.2) is 133 Å². The molecule has 11 rings (SSSR count). The predicted octanol–water partition coefficient (Wildman–Crippen LogP) is 10.9. The summed E-state index contributed by atoms with van der Waals surface area (Å²) in [6.45, 7) is 0. The monoisotopic (exact) mass is 639 g/mol. The molecule has 4 heterocycles. The Labute approximate surface area is 281 Å². The van der Waals surface area contributed by atoms with Crippen LogP contribution in [0, 0.1) is 5.92 Å². The summed E-state index contributed by atoms with van der Waals surface area (Å²) in [6, 6.07) is 29.2. The second-order valence-corrected chi connectivity index (χ2v) is 15.7. The van der Waals surface area contributed by atoms with Gasteiger partial charge in [-0.05, 0) is 94.1 Å². The second kappa shape index (κ2) is 9.41. The Hall–Kier alpha value is -4.77. The zero-order chi connectivity index (χ0) is 30.9. The average Bonchev–Trinajstić information content (AvgIpc) is 3.84. The molecule has 2 nitrogen and oxygen atoms in total. The summed E-state index contributed by atoms with van der Waals surface area (Å²) >= 11 is 3.75. The molecule has 0 saturated carbocycles. The quantitative estimate of drug-likeness (QED) is 0.185. The molecule has 4 aromatic carbocycles. The first-order valence-electron chi connectivity index (χ1n) is 16.5. The zero-order valence-corrected chi connectivity index (χ0v) is 27.2. The minimum atomic E-state index is -0.640. The fourth-order valence-corrected chi connectivity index (χ4v) is 11.2. The summed E-state index contributed by atoms with van der Waals surface area (Å²) in [5, 5.41) is 4.01. The normalized spacial score (nSPS) is 24.9. The molecule has 4 unspecified atom stereocenters. The molecule has 0 radical (unpaired) electrons. The maximum Gasteiger partial charge on any atom is 0.242 e. The number of carbonyl (C=O) groups is 1. The molecule has 2 aliphatic heterocycles. The van der Waals surface area contributed by atoms with Crippen molar-refractivity contribution in [3.63, 3.8) is 0 Å². The van der Waals surface area contributed by atoms with Crippen molar-refractivity contribution in [1.82, 2.24) is 0 Å². The van der Waals surface area contributed by atoms with Gasteiger partial charge in [-0.2, -0.15) is 0 Å². The maximum absolute atomic E-state index is 14.6. The van der Waals surface area contributed by atoms with Crippen molar-refractivity contribution >= 4 is 70.6 Å². The third-order valence-corrected chi connectivity index (χ3v) is 13.5. The van der Waals surface area contributed by atoms with Crippen molar-refractivity contribution in [3.05, 3.63) is 155 Å². The van der Waals surface area contributed by atoms with Crippen LogP contribution in [-0.2, 0) is 16.6 Å². The molecule has 2 aromatic heterocycles. The largest absolute Gasteiger partial charge is 0.303 e. The van der Waals surface area contributed by atoms with Crippen LogP contribution in [-0.4, -0.2) is 11.9 Å². The Morgan fingerprint density at radius 1 is 0.766 bits per heavy atom. The van der Waals surface area contributed by atoms with Gasteiger partial charge in [0.25, 0.3) is 0 Å². The van der Waals surface area contributed by atoms with Gasteiger partial charge in [-0.1, -0.05) is 91.1 Å². The van der Waals surface area contributed by atoms with Gasteiger partial charge in [0.2, 0.25) is 5.91 Å². The van der Waals surface area contributed by atoms with Crippen LogP contribution in [0.25, 0.3) is 47.5 Å². The van der Waals surface area contributed by atoms with Crippen LogP contribution in [0.5, 0.6) is 0 Å². The molecule has 0 N–H and O–H groups in total. The number of carbonyl (C=O) groups excluding carboxylic acids is 1. The fourth-order valence-electron chi connectivity index (χ4n) is 8.93. The fraction of sp³-hybridized carbons (Fsp3) is 0.140. The lowest BCUT2D eigenvalue weighted by Crippen LogP contribution is -2.44. The zero-order valence-electron chi connectivity index (χ0n) is 25.5. The number of benzene rings is 4. The number of thiophene rings is 2. The highest BCUT2D eigenvalue weighted by Crippen LogP contribution is 2.58. The van der Waals surface area contributed by atoms with Crippen molar-refractivity contribution in [1.29, 1.82) is 0 Å². The molecule has 4 heteroatoms. The molecule has 0 bridgehead atoms. The Kier molecular flexibility index (Phi) is 5.27. The van der Waals surface area contributed by atoms with E-state index in [1.54, 1.807) is 0 Å². The lowest BCUT2D eigenvalue weighted by atomic mass is 9.73. The van der Waals surface area contributed by atoms with Crippen LogP contribution in [0.1, 0.15) is 33.9 Å². The van der Waals surface area contributed by atoms with Gasteiger partial charge in [0, 0.05) is 41.6 Å². The predicted molar refractivity (Wildman–Crippen MR) is 199 cm³/mol. The van der Waals surface area contributed by atoms with E-state index in [-0.39, 0.29) is 17.9 Å². The van der Waals surface area contributed by atoms with E-state index >= 15 is 0 Å². The van der Waals surface area contributed by atoms with Crippen molar-refractivity contribution in [3.8, 4) is 11.1 Å². The number of hydrogen-bond donors (Lipinski definition) is 0. The molecule has 5 aliphatic rings. The molecule has 1 amide bonds. The molecule has 0 fully saturated rings. The molecule has 6 aromatic rings. The number of allylic oxidation sites excluding steroid dienone is 6. The van der Waals surface area contributed by atoms with Gasteiger partial charge in [0.15, 0.2) is 0 Å². The summed E-state index contributed by atoms with van der Waals surface area (Å²) in [7, 11) is 0. The number of anilines is 1. The summed E-state index contributed by atoms with van der Waals surface area (Å²) < 4.78 is 4.00. The number of fused-ring (bicyclic) bond motifs is 10. The Morgan fingerprint density at radius 3 is 2.47 bits per heavy atom. The minimum absolute atomic E-state index is 0.00216. The van der Waals surface area contributed by atoms with Crippen LogP contribution >= 0.6 is 22.7 Å². The number of amides is 1. The minimum Gasteiger partial charge on any atom is -0.303 e. The van der Waals surface area contributed by atoms with Gasteiger partial charge in [-0.25, -0.2) is 0 Å². The molecule has 3 aliphatic carbocycles. The first kappa shape index (κ1) is 26.3. The molecular formula is C43H29NOS2. The van der Waals surface area contributed by atoms with Crippen LogP contribution in [0.4, 0.5) is 5.69 Å². The molecule has 4 atom stereocenters. The van der Waals surface area contributed by atoms with Crippen LogP contribution in [0.3, 0.4) is 0 Å². The second-order valence-electron chi connectivity index (χ2n) is 13.6. The maximum atomic E-state index is 14.6. The lowest BCUT2D eigenvalue weighted by molar-refractivity contribution is -0.121. The summed E-state index contributed by atoms with van der Waals surface area (Å²) in [4.78, 5) is 18.1. The number of nitrogens with zero attached hydrogens (tertiary/aromatic N) is 1. The highest BCUT2D eigenvalue weighted by atomic mass is 32.1. The van der Waals surface area contributed by atoms with Crippen molar-refractivity contribution in [2.45, 2.75) is 30.2 Å². The smallest absolute Gasteiger partial charge is 0.242 e. The van der Waals surface area contributed by atoms with E-state index in [1.165, 1.54) is 63.0 Å². The first-order chi connectivity index (χ1) is 23.2. The van der Waals surface area contributed by atoms with Gasteiger partial charge in [-0.15, -0.1) is 22.7 Å². The van der Waals surface area contributed by atoms with E-state index in [1.807, 2.05) is 22.7 Å². The SMILES string of the molecule is O=C1N2c3c(cc(-c4ccc5sc6ccccc6c5c4)cc3C13C=CC=CC3)C1C=C(C3C=Cc4sc5ccccc5c4C3)C=CC12. The molecule has 1 spiro atoms. The Morgan fingerprint density at radius 2 is 1.60 bits per heavy atom. The molecule has 0 saturated heterocycles. The Bertz CT molecular complexity index is 2540. The first-order valence-corrected chi connectivity index (χ1v) is 18.2. The van der Waals surface area contributed by atoms with Gasteiger partial charge >= 0.3 is 0 Å². The van der Waals surface area contributed by atoms with E-state index in [0.29, 0.717) is 12.3 Å². The summed E-state index contributed by atoms with van der Waals surface area (Å²) in [5.41, 5.74) is 8.19. The lowest BCUT2D eigenvalue weighted by Gasteiger charge is -2.32. The molecule has 47 heavy (non-hydrogen) atoms. The Balaban J connectivity index is 1.07. The highest BCUT2D eigenvalue weighted by Gasteiger charge is 2.56. The van der Waals surface area contributed by atoms with E-state index < -0.39 is 5.41 Å². The van der Waals surface area contributed by atoms with E-state index in [0.717, 1.165) is 17.7 Å². The third kappa shape index (κ3) is 3.52. The third-order valence-electron chi connectivity index (χ3n) is 11.2. The van der Waals surface area contributed by atoms with E-state index in [2.05, 4.69) is 138 Å². The van der Waals surface area contributed by atoms with Gasteiger partial charge in [-0.3, -0.25) is 4.79 Å². The average molecular weight is 640 g/mol. The summed E-state index contributed by atoms with van der Waals surface area (Å²) in [6.07, 6.45) is 22.0. The topological polar surface area (TPSA) is 20.3 Å². The van der Waals surface area contributed by atoms with Gasteiger partial charge in [0.05, 0.1) is 17.1 Å². The number of rotatable bonds is 2. The molecule has 224 valence electrons. The van der Waals surface area contributed by atoms with Crippen molar-refractivity contribution < 1.29 is 4.79 Å². The van der Waals surface area contributed by atoms with Crippen LogP contribution in [0.2, 0.25) is 0 Å².